The van der Waals surface area contributed by atoms with Crippen molar-refractivity contribution in [2.45, 2.75) is 18.0 Å². The molecule has 0 radical (unpaired) electrons. The van der Waals surface area contributed by atoms with Crippen molar-refractivity contribution >= 4 is 35.2 Å². The summed E-state index contributed by atoms with van der Waals surface area (Å²) in [7, 11) is 6.73. The van der Waals surface area contributed by atoms with E-state index in [9.17, 15) is 14.4 Å². The van der Waals surface area contributed by atoms with Crippen molar-refractivity contribution in [1.29, 1.82) is 0 Å². The Bertz CT molecular complexity index is 782. The van der Waals surface area contributed by atoms with Gasteiger partial charge in [-0.2, -0.15) is 11.8 Å². The van der Waals surface area contributed by atoms with Crippen LogP contribution in [-0.2, 0) is 19.1 Å². The first-order chi connectivity index (χ1) is 13.3. The Kier molecular flexibility index (Phi) is 5.72. The number of fused-ring (bicyclic) bond motifs is 1. The Labute approximate surface area is 169 Å². The number of ether oxygens (including phenoxy) is 1. The van der Waals surface area contributed by atoms with E-state index in [0.29, 0.717) is 12.2 Å². The van der Waals surface area contributed by atoms with Crippen LogP contribution in [0.1, 0.15) is 18.0 Å². The van der Waals surface area contributed by atoms with Gasteiger partial charge in [-0.25, -0.2) is 0 Å². The molecule has 2 aliphatic rings. The van der Waals surface area contributed by atoms with E-state index in [1.807, 2.05) is 49.5 Å². The van der Waals surface area contributed by atoms with Crippen LogP contribution in [0.25, 0.3) is 0 Å². The number of amides is 2. The highest BCUT2D eigenvalue weighted by Gasteiger charge is 2.67. The summed E-state index contributed by atoms with van der Waals surface area (Å²) >= 11 is 1.59. The zero-order chi connectivity index (χ0) is 20.6. The molecule has 2 aliphatic heterocycles. The molecule has 2 heterocycles. The Morgan fingerprint density at radius 3 is 2.43 bits per heavy atom. The van der Waals surface area contributed by atoms with Crippen molar-refractivity contribution in [3.8, 4) is 0 Å². The molecule has 0 saturated carbocycles. The maximum atomic E-state index is 13.0. The highest BCUT2D eigenvalue weighted by atomic mass is 32.2. The van der Waals surface area contributed by atoms with Crippen LogP contribution in [0.15, 0.2) is 24.3 Å². The lowest BCUT2D eigenvalue weighted by atomic mass is 9.78. The van der Waals surface area contributed by atoms with E-state index in [0.717, 1.165) is 16.2 Å². The minimum absolute atomic E-state index is 0.251. The van der Waals surface area contributed by atoms with Crippen LogP contribution in [-0.4, -0.2) is 68.5 Å². The molecule has 1 N–H and O–H groups in total. The number of imide groups is 1. The third kappa shape index (κ3) is 3.08. The lowest BCUT2D eigenvalue weighted by Gasteiger charge is -2.32. The molecule has 3 rings (SSSR count). The van der Waals surface area contributed by atoms with Gasteiger partial charge in [0.15, 0.2) is 0 Å². The molecule has 0 unspecified atom stereocenters. The number of hydrogen-bond donors (Lipinski definition) is 1. The second-order valence-corrected chi connectivity index (χ2v) is 8.54. The normalized spacial score (nSPS) is 29.2. The zero-order valence-electron chi connectivity index (χ0n) is 16.9. The summed E-state index contributed by atoms with van der Waals surface area (Å²) < 4.78 is 5.10. The number of nitrogens with zero attached hydrogens (tertiary/aromatic N) is 2. The fourth-order valence-electron chi connectivity index (χ4n) is 4.38. The molecule has 2 amide bonds. The van der Waals surface area contributed by atoms with E-state index in [-0.39, 0.29) is 11.8 Å². The van der Waals surface area contributed by atoms with E-state index in [2.05, 4.69) is 5.32 Å². The number of hydrogen-bond acceptors (Lipinski definition) is 7. The molecular formula is C20H27N3O4S. The van der Waals surface area contributed by atoms with E-state index < -0.39 is 29.4 Å². The monoisotopic (exact) mass is 405 g/mol. The number of methoxy groups -OCH3 is 1. The van der Waals surface area contributed by atoms with Gasteiger partial charge in [-0.1, -0.05) is 12.1 Å². The molecular weight excluding hydrogens is 378 g/mol. The quantitative estimate of drug-likeness (QED) is 0.564. The van der Waals surface area contributed by atoms with Gasteiger partial charge in [0.05, 0.1) is 18.9 Å². The molecule has 152 valence electrons. The van der Waals surface area contributed by atoms with Crippen LogP contribution in [0.4, 0.5) is 5.69 Å². The van der Waals surface area contributed by atoms with Gasteiger partial charge < -0.3 is 9.64 Å². The topological polar surface area (TPSA) is 79.0 Å². The summed E-state index contributed by atoms with van der Waals surface area (Å²) in [6.45, 7) is 0. The minimum Gasteiger partial charge on any atom is -0.468 e. The summed E-state index contributed by atoms with van der Waals surface area (Å²) in [4.78, 5) is 41.9. The molecule has 0 aromatic heterocycles. The van der Waals surface area contributed by atoms with Gasteiger partial charge in [-0.3, -0.25) is 24.6 Å². The van der Waals surface area contributed by atoms with Crippen LogP contribution in [0.3, 0.4) is 0 Å². The van der Waals surface area contributed by atoms with Gasteiger partial charge >= 0.3 is 5.97 Å². The predicted molar refractivity (Wildman–Crippen MR) is 109 cm³/mol. The number of carbonyl (C=O) groups is 3. The number of nitrogens with one attached hydrogen (secondary N) is 1. The molecule has 0 bridgehead atoms. The van der Waals surface area contributed by atoms with Gasteiger partial charge in [-0.15, -0.1) is 0 Å². The fraction of sp³-hybridized carbons (Fsp3) is 0.550. The highest BCUT2D eigenvalue weighted by molar-refractivity contribution is 7.98. The summed E-state index contributed by atoms with van der Waals surface area (Å²) in [6.07, 6.45) is 2.36. The number of likely N-dealkylation sites (tertiary alicyclic amines) is 1. The molecule has 4 atom stereocenters. The average Bonchev–Trinajstić information content (AvgIpc) is 3.16. The molecule has 0 aliphatic carbocycles. The first kappa shape index (κ1) is 20.7. The van der Waals surface area contributed by atoms with Crippen LogP contribution in [0.5, 0.6) is 0 Å². The van der Waals surface area contributed by atoms with E-state index in [1.165, 1.54) is 14.2 Å². The smallest absolute Gasteiger partial charge is 0.326 e. The van der Waals surface area contributed by atoms with Crippen LogP contribution in [0, 0.1) is 11.8 Å². The maximum absolute atomic E-state index is 13.0. The summed E-state index contributed by atoms with van der Waals surface area (Å²) in [5, 5.41) is 3.37. The highest BCUT2D eigenvalue weighted by Crippen LogP contribution is 2.50. The Morgan fingerprint density at radius 1 is 1.25 bits per heavy atom. The van der Waals surface area contributed by atoms with Crippen molar-refractivity contribution in [3.05, 3.63) is 29.8 Å². The number of carbonyl (C=O) groups excluding carboxylic acids is 3. The van der Waals surface area contributed by atoms with Gasteiger partial charge in [0.25, 0.3) is 0 Å². The van der Waals surface area contributed by atoms with Crippen molar-refractivity contribution < 1.29 is 19.1 Å². The number of rotatable bonds is 6. The van der Waals surface area contributed by atoms with Gasteiger partial charge in [-0.05, 0) is 36.1 Å². The average molecular weight is 406 g/mol. The molecule has 1 aromatic rings. The Hall–Kier alpha value is -2.06. The SMILES string of the molecule is COC(=O)[C@]1(CCSC)N[C@H](c2ccc(N(C)C)cc2)[C@@H]2C(=O)N(C)C(=O)[C@H]21. The van der Waals surface area contributed by atoms with Crippen LogP contribution < -0.4 is 10.2 Å². The van der Waals surface area contributed by atoms with E-state index in [1.54, 1.807) is 11.8 Å². The summed E-state index contributed by atoms with van der Waals surface area (Å²) in [6, 6.07) is 7.40. The molecule has 7 nitrogen and oxygen atoms in total. The maximum Gasteiger partial charge on any atom is 0.326 e. The predicted octanol–water partition coefficient (Wildman–Crippen LogP) is 1.29. The largest absolute Gasteiger partial charge is 0.468 e. The van der Waals surface area contributed by atoms with Crippen molar-refractivity contribution in [3.63, 3.8) is 0 Å². The second-order valence-electron chi connectivity index (χ2n) is 7.55. The van der Waals surface area contributed by atoms with Crippen molar-refractivity contribution in [1.82, 2.24) is 10.2 Å². The van der Waals surface area contributed by atoms with Gasteiger partial charge in [0.1, 0.15) is 5.54 Å². The van der Waals surface area contributed by atoms with Crippen molar-refractivity contribution in [2.75, 3.05) is 45.2 Å². The standard InChI is InChI=1S/C20H27N3O4S/c1-22(2)13-8-6-12(7-9-13)16-14-15(18(25)23(3)17(14)24)20(21-16,10-11-28-5)19(26)27-4/h6-9,14-16,21H,10-11H2,1-5H3/t14-,15+,16-,20-/m1/s1. The first-order valence-corrected chi connectivity index (χ1v) is 10.6. The Balaban J connectivity index is 2.08. The molecule has 2 saturated heterocycles. The summed E-state index contributed by atoms with van der Waals surface area (Å²) in [5.74, 6) is -1.77. The van der Waals surface area contributed by atoms with E-state index >= 15 is 0 Å². The Morgan fingerprint density at radius 2 is 1.89 bits per heavy atom. The lowest BCUT2D eigenvalue weighted by molar-refractivity contribution is -0.154. The lowest BCUT2D eigenvalue weighted by Crippen LogP contribution is -2.56. The second kappa shape index (κ2) is 7.75. The summed E-state index contributed by atoms with van der Waals surface area (Å²) in [5.41, 5.74) is 0.711. The molecule has 2 fully saturated rings. The number of thioether (sulfide) groups is 1. The van der Waals surface area contributed by atoms with Gasteiger partial charge in [0, 0.05) is 32.9 Å². The first-order valence-electron chi connectivity index (χ1n) is 9.22. The van der Waals surface area contributed by atoms with Crippen LogP contribution in [0.2, 0.25) is 0 Å². The van der Waals surface area contributed by atoms with Crippen molar-refractivity contribution in [2.24, 2.45) is 11.8 Å². The molecule has 1 aromatic carbocycles. The fourth-order valence-corrected chi connectivity index (χ4v) is 4.90. The number of benzene rings is 1. The minimum atomic E-state index is -1.20. The molecule has 8 heteroatoms. The van der Waals surface area contributed by atoms with Crippen LogP contribution >= 0.6 is 11.8 Å². The molecule has 0 spiro atoms. The van der Waals surface area contributed by atoms with E-state index in [4.69, 9.17) is 4.74 Å². The number of esters is 1. The third-order valence-corrected chi connectivity index (χ3v) is 6.51. The number of anilines is 1. The third-order valence-electron chi connectivity index (χ3n) is 5.89. The zero-order valence-corrected chi connectivity index (χ0v) is 17.7. The van der Waals surface area contributed by atoms with Gasteiger partial charge in [0.2, 0.25) is 11.8 Å². The molecule has 28 heavy (non-hydrogen) atoms.